The molecule has 14 heavy (non-hydrogen) atoms. The number of hydrogen-bond acceptors (Lipinski definition) is 2. The third-order valence-electron chi connectivity index (χ3n) is 1.75. The lowest BCUT2D eigenvalue weighted by Gasteiger charge is -1.85. The maximum Gasteiger partial charge on any atom is 0.336 e. The summed E-state index contributed by atoms with van der Waals surface area (Å²) >= 11 is 0. The van der Waals surface area contributed by atoms with Gasteiger partial charge in [0.2, 0.25) is 0 Å². The minimum absolute atomic E-state index is 0.297. The standard InChI is InChI=1S/C10H8O2.C2H6/c11-10-7-6-8-4-2-1-3-5-9(8)12-10;1-2/h1,3-7H,2H2;1-2H3. The van der Waals surface area contributed by atoms with Crippen molar-refractivity contribution < 1.29 is 4.42 Å². The van der Waals surface area contributed by atoms with Crippen LogP contribution < -0.4 is 16.3 Å². The van der Waals surface area contributed by atoms with E-state index in [1.165, 1.54) is 6.07 Å². The molecule has 0 amide bonds. The molecular formula is C12H14O2. The monoisotopic (exact) mass is 190 g/mol. The summed E-state index contributed by atoms with van der Waals surface area (Å²) in [5.41, 5.74) is 0.352. The minimum Gasteiger partial charge on any atom is -0.423 e. The highest BCUT2D eigenvalue weighted by Crippen LogP contribution is 1.86. The first-order chi connectivity index (χ1) is 6.86. The maximum absolute atomic E-state index is 10.8. The summed E-state index contributed by atoms with van der Waals surface area (Å²) in [6, 6.07) is 3.22. The lowest BCUT2D eigenvalue weighted by Crippen LogP contribution is -2.27. The smallest absolute Gasteiger partial charge is 0.336 e. The van der Waals surface area contributed by atoms with Crippen molar-refractivity contribution in [3.8, 4) is 0 Å². The molecule has 0 aromatic carbocycles. The van der Waals surface area contributed by atoms with Gasteiger partial charge in [0, 0.05) is 11.3 Å². The van der Waals surface area contributed by atoms with Crippen molar-refractivity contribution in [2.45, 2.75) is 20.3 Å². The summed E-state index contributed by atoms with van der Waals surface area (Å²) < 4.78 is 4.99. The van der Waals surface area contributed by atoms with Crippen molar-refractivity contribution >= 4 is 12.2 Å². The Bertz CT molecular complexity index is 478. The van der Waals surface area contributed by atoms with E-state index in [9.17, 15) is 4.79 Å². The Morgan fingerprint density at radius 2 is 2.07 bits per heavy atom. The van der Waals surface area contributed by atoms with Crippen LogP contribution in [0.5, 0.6) is 0 Å². The first-order valence-electron chi connectivity index (χ1n) is 4.83. The van der Waals surface area contributed by atoms with E-state index in [1.807, 2.05) is 32.1 Å². The number of rotatable bonds is 0. The van der Waals surface area contributed by atoms with Crippen molar-refractivity contribution in [3.63, 3.8) is 0 Å². The van der Waals surface area contributed by atoms with Gasteiger partial charge in [-0.25, -0.2) is 4.79 Å². The molecule has 0 spiro atoms. The molecule has 1 heterocycles. The lowest BCUT2D eigenvalue weighted by atomic mass is 10.3. The molecule has 0 fully saturated rings. The SMILES string of the molecule is CC.O=c1ccc2c(o1)=CC=CCC=2. The highest BCUT2D eigenvalue weighted by molar-refractivity contribution is 5.40. The van der Waals surface area contributed by atoms with Crippen molar-refractivity contribution in [3.05, 3.63) is 45.3 Å². The summed E-state index contributed by atoms with van der Waals surface area (Å²) in [6.07, 6.45) is 8.63. The van der Waals surface area contributed by atoms with Crippen LogP contribution in [0.1, 0.15) is 20.3 Å². The zero-order valence-electron chi connectivity index (χ0n) is 8.49. The zero-order valence-corrected chi connectivity index (χ0v) is 8.49. The van der Waals surface area contributed by atoms with Gasteiger partial charge >= 0.3 is 5.63 Å². The topological polar surface area (TPSA) is 30.2 Å². The van der Waals surface area contributed by atoms with Gasteiger partial charge in [-0.05, 0) is 18.6 Å². The quantitative estimate of drug-likeness (QED) is 0.615. The molecule has 0 saturated carbocycles. The van der Waals surface area contributed by atoms with Crippen LogP contribution >= 0.6 is 0 Å². The number of fused-ring (bicyclic) bond motifs is 1. The molecule has 1 aromatic heterocycles. The molecular weight excluding hydrogens is 176 g/mol. The fourth-order valence-electron chi connectivity index (χ4n) is 1.17. The second-order valence-electron chi connectivity index (χ2n) is 2.61. The van der Waals surface area contributed by atoms with Crippen molar-refractivity contribution in [1.29, 1.82) is 0 Å². The van der Waals surface area contributed by atoms with Gasteiger partial charge in [0.15, 0.2) is 0 Å². The van der Waals surface area contributed by atoms with E-state index in [4.69, 9.17) is 4.42 Å². The Balaban J connectivity index is 0.000000461. The molecule has 1 aliphatic rings. The van der Waals surface area contributed by atoms with Gasteiger partial charge in [0.25, 0.3) is 0 Å². The molecule has 0 N–H and O–H groups in total. The maximum atomic E-state index is 10.8. The average Bonchev–Trinajstić information content (AvgIpc) is 2.45. The Kier molecular flexibility index (Phi) is 3.92. The van der Waals surface area contributed by atoms with Crippen LogP contribution in [0.15, 0.2) is 33.5 Å². The van der Waals surface area contributed by atoms with Crippen molar-refractivity contribution in [1.82, 2.24) is 0 Å². The zero-order chi connectivity index (χ0) is 10.4. The third kappa shape index (κ3) is 2.46. The number of hydrogen-bond donors (Lipinski definition) is 0. The minimum atomic E-state index is -0.297. The summed E-state index contributed by atoms with van der Waals surface area (Å²) in [6.45, 7) is 4.00. The van der Waals surface area contributed by atoms with Gasteiger partial charge in [-0.3, -0.25) is 0 Å². The molecule has 74 valence electrons. The molecule has 0 radical (unpaired) electrons. The summed E-state index contributed by atoms with van der Waals surface area (Å²) in [5, 5.41) is 0.986. The second kappa shape index (κ2) is 5.22. The second-order valence-corrected chi connectivity index (χ2v) is 2.61. The summed E-state index contributed by atoms with van der Waals surface area (Å²) in [4.78, 5) is 10.8. The third-order valence-corrected chi connectivity index (χ3v) is 1.75. The molecule has 2 heteroatoms. The van der Waals surface area contributed by atoms with E-state index in [0.29, 0.717) is 5.42 Å². The molecule has 0 bridgehead atoms. The predicted molar refractivity (Wildman–Crippen MR) is 58.3 cm³/mol. The van der Waals surface area contributed by atoms with E-state index in [2.05, 4.69) is 0 Å². The largest absolute Gasteiger partial charge is 0.423 e. The van der Waals surface area contributed by atoms with E-state index in [-0.39, 0.29) is 5.63 Å². The van der Waals surface area contributed by atoms with Crippen LogP contribution in [0.25, 0.3) is 12.2 Å². The van der Waals surface area contributed by atoms with E-state index in [0.717, 1.165) is 11.6 Å². The Morgan fingerprint density at radius 1 is 1.29 bits per heavy atom. The first-order valence-corrected chi connectivity index (χ1v) is 4.83. The summed E-state index contributed by atoms with van der Waals surface area (Å²) in [5.74, 6) is 0. The Morgan fingerprint density at radius 3 is 2.86 bits per heavy atom. The predicted octanol–water partition coefficient (Wildman–Crippen LogP) is 1.19. The van der Waals surface area contributed by atoms with E-state index >= 15 is 0 Å². The van der Waals surface area contributed by atoms with Crippen LogP contribution in [0.3, 0.4) is 0 Å². The van der Waals surface area contributed by atoms with Crippen LogP contribution in [0.4, 0.5) is 0 Å². The lowest BCUT2D eigenvalue weighted by molar-refractivity contribution is 0.474. The van der Waals surface area contributed by atoms with Gasteiger partial charge in [0.1, 0.15) is 5.42 Å². The molecule has 0 unspecified atom stereocenters. The number of allylic oxidation sites excluding steroid dienone is 2. The molecule has 0 saturated heterocycles. The molecule has 1 aromatic rings. The van der Waals surface area contributed by atoms with Crippen LogP contribution in [0, 0.1) is 0 Å². The van der Waals surface area contributed by atoms with Gasteiger partial charge in [-0.15, -0.1) is 0 Å². The fourth-order valence-corrected chi connectivity index (χ4v) is 1.17. The van der Waals surface area contributed by atoms with Gasteiger partial charge in [0.05, 0.1) is 0 Å². The molecule has 0 atom stereocenters. The first kappa shape index (κ1) is 10.5. The van der Waals surface area contributed by atoms with Gasteiger partial charge < -0.3 is 4.42 Å². The van der Waals surface area contributed by atoms with Gasteiger partial charge in [-0.2, -0.15) is 0 Å². The molecule has 2 nitrogen and oxygen atoms in total. The Hall–Kier alpha value is -1.57. The highest BCUT2D eigenvalue weighted by Gasteiger charge is 1.90. The van der Waals surface area contributed by atoms with E-state index < -0.39 is 0 Å². The van der Waals surface area contributed by atoms with Crippen molar-refractivity contribution in [2.24, 2.45) is 0 Å². The molecule has 0 aliphatic heterocycles. The Labute approximate surface area is 82.9 Å². The molecule has 2 rings (SSSR count). The van der Waals surface area contributed by atoms with Gasteiger partial charge in [-0.1, -0.05) is 32.1 Å². The molecule has 1 aliphatic carbocycles. The van der Waals surface area contributed by atoms with Crippen LogP contribution in [-0.2, 0) is 0 Å². The highest BCUT2D eigenvalue weighted by atomic mass is 16.4. The van der Waals surface area contributed by atoms with Crippen molar-refractivity contribution in [2.75, 3.05) is 0 Å². The fraction of sp³-hybridized carbons (Fsp3) is 0.250. The normalized spacial score (nSPS) is 12.4. The van der Waals surface area contributed by atoms with Crippen LogP contribution in [-0.4, -0.2) is 0 Å². The average molecular weight is 190 g/mol. The van der Waals surface area contributed by atoms with E-state index in [1.54, 1.807) is 12.1 Å². The summed E-state index contributed by atoms with van der Waals surface area (Å²) in [7, 11) is 0. The van der Waals surface area contributed by atoms with Crippen LogP contribution in [0.2, 0.25) is 0 Å².